The van der Waals surface area contributed by atoms with Crippen LogP contribution in [0.2, 0.25) is 0 Å². The first-order valence-electron chi connectivity index (χ1n) is 10.1. The highest BCUT2D eigenvalue weighted by molar-refractivity contribution is 7.87. The van der Waals surface area contributed by atoms with Crippen molar-refractivity contribution >= 4 is 21.1 Å². The Kier molecular flexibility index (Phi) is 6.85. The molecule has 1 heterocycles. The van der Waals surface area contributed by atoms with Crippen LogP contribution in [0.15, 0.2) is 48.7 Å². The highest BCUT2D eigenvalue weighted by atomic mass is 32.2. The van der Waals surface area contributed by atoms with Crippen LogP contribution in [0.5, 0.6) is 5.75 Å². The molecule has 3 aromatic rings. The van der Waals surface area contributed by atoms with E-state index in [-0.39, 0.29) is 0 Å². The molecule has 0 saturated heterocycles. The van der Waals surface area contributed by atoms with Crippen molar-refractivity contribution in [3.05, 3.63) is 54.2 Å². The molecule has 3 rings (SSSR count). The van der Waals surface area contributed by atoms with Crippen LogP contribution in [0.1, 0.15) is 19.4 Å². The normalized spacial score (nSPS) is 12.2. The summed E-state index contributed by atoms with van der Waals surface area (Å²) in [4.78, 5) is 0. The van der Waals surface area contributed by atoms with Crippen molar-refractivity contribution in [2.24, 2.45) is 5.92 Å². The van der Waals surface area contributed by atoms with E-state index in [0.717, 1.165) is 39.9 Å². The smallest absolute Gasteiger partial charge is 0.278 e. The predicted octanol–water partition coefficient (Wildman–Crippen LogP) is 3.91. The SMILES string of the molecule is COc1ccccc1-c1ccc2c(CCNS(=O)(=O)N(C)C)cn(CC(C)C)c2c1. The van der Waals surface area contributed by atoms with E-state index < -0.39 is 10.2 Å². The lowest BCUT2D eigenvalue weighted by Crippen LogP contribution is -2.36. The number of hydrogen-bond acceptors (Lipinski definition) is 3. The molecule has 0 radical (unpaired) electrons. The van der Waals surface area contributed by atoms with Gasteiger partial charge in [-0.1, -0.05) is 44.2 Å². The van der Waals surface area contributed by atoms with Crippen LogP contribution in [0.4, 0.5) is 0 Å². The molecule has 0 fully saturated rings. The van der Waals surface area contributed by atoms with Gasteiger partial charge in [-0.2, -0.15) is 12.7 Å². The Morgan fingerprint density at radius 1 is 1.13 bits per heavy atom. The number of rotatable bonds is 9. The molecular formula is C23H31N3O3S. The highest BCUT2D eigenvalue weighted by Crippen LogP contribution is 2.33. The Balaban J connectivity index is 1.97. The maximum Gasteiger partial charge on any atom is 0.278 e. The maximum absolute atomic E-state index is 12.0. The number of para-hydroxylation sites is 1. The molecule has 6 nitrogen and oxygen atoms in total. The van der Waals surface area contributed by atoms with Crippen molar-refractivity contribution in [1.29, 1.82) is 0 Å². The van der Waals surface area contributed by atoms with E-state index in [1.54, 1.807) is 7.11 Å². The molecule has 0 spiro atoms. The van der Waals surface area contributed by atoms with Crippen molar-refractivity contribution in [2.45, 2.75) is 26.8 Å². The fourth-order valence-corrected chi connectivity index (χ4v) is 4.22. The van der Waals surface area contributed by atoms with E-state index in [4.69, 9.17) is 4.74 Å². The molecule has 0 unspecified atom stereocenters. The lowest BCUT2D eigenvalue weighted by atomic mass is 10.0. The van der Waals surface area contributed by atoms with E-state index in [9.17, 15) is 8.42 Å². The van der Waals surface area contributed by atoms with Gasteiger partial charge in [0.1, 0.15) is 5.75 Å². The summed E-state index contributed by atoms with van der Waals surface area (Å²) in [6.07, 6.45) is 2.78. The van der Waals surface area contributed by atoms with Crippen molar-refractivity contribution in [1.82, 2.24) is 13.6 Å². The maximum atomic E-state index is 12.0. The molecule has 1 aromatic heterocycles. The molecule has 0 saturated carbocycles. The molecule has 0 aliphatic heterocycles. The van der Waals surface area contributed by atoms with Crippen molar-refractivity contribution in [3.63, 3.8) is 0 Å². The van der Waals surface area contributed by atoms with Crippen molar-refractivity contribution < 1.29 is 13.2 Å². The molecule has 0 amide bonds. The Labute approximate surface area is 179 Å². The van der Waals surface area contributed by atoms with Crippen LogP contribution < -0.4 is 9.46 Å². The quantitative estimate of drug-likeness (QED) is 0.561. The lowest BCUT2D eigenvalue weighted by Gasteiger charge is -2.12. The number of aromatic nitrogens is 1. The standard InChI is InChI=1S/C23H31N3O3S/c1-17(2)15-26-16-19(12-13-24-30(27,28)25(3)4)20-11-10-18(14-22(20)26)21-8-6-7-9-23(21)29-5/h6-11,14,16-17,24H,12-13,15H2,1-5H3. The minimum absolute atomic E-state index is 0.357. The third kappa shape index (κ3) is 4.86. The van der Waals surface area contributed by atoms with E-state index in [1.807, 2.05) is 18.2 Å². The first kappa shape index (κ1) is 22.3. The summed E-state index contributed by atoms with van der Waals surface area (Å²) in [5, 5.41) is 1.15. The first-order valence-corrected chi connectivity index (χ1v) is 11.6. The lowest BCUT2D eigenvalue weighted by molar-refractivity contribution is 0.416. The van der Waals surface area contributed by atoms with Gasteiger partial charge in [-0.05, 0) is 35.6 Å². The van der Waals surface area contributed by atoms with E-state index in [2.05, 4.69) is 53.6 Å². The van der Waals surface area contributed by atoms with Crippen LogP contribution >= 0.6 is 0 Å². The summed E-state index contributed by atoms with van der Waals surface area (Å²) in [7, 11) is 1.31. The molecule has 0 aliphatic carbocycles. The van der Waals surface area contributed by atoms with Gasteiger partial charge in [0.05, 0.1) is 7.11 Å². The zero-order valence-electron chi connectivity index (χ0n) is 18.3. The van der Waals surface area contributed by atoms with Crippen LogP contribution in [-0.2, 0) is 23.2 Å². The summed E-state index contributed by atoms with van der Waals surface area (Å²) in [5.74, 6) is 1.34. The summed E-state index contributed by atoms with van der Waals surface area (Å²) in [5.41, 5.74) is 4.44. The zero-order valence-corrected chi connectivity index (χ0v) is 19.2. The Morgan fingerprint density at radius 3 is 2.53 bits per heavy atom. The Bertz CT molecular complexity index is 1120. The van der Waals surface area contributed by atoms with Gasteiger partial charge in [-0.3, -0.25) is 0 Å². The number of nitrogens with one attached hydrogen (secondary N) is 1. The second-order valence-electron chi connectivity index (χ2n) is 8.06. The van der Waals surface area contributed by atoms with Gasteiger partial charge in [0.2, 0.25) is 0 Å². The second-order valence-corrected chi connectivity index (χ2v) is 10.0. The fraction of sp³-hybridized carbons (Fsp3) is 0.391. The first-order chi connectivity index (χ1) is 14.2. The van der Waals surface area contributed by atoms with E-state index in [1.165, 1.54) is 18.4 Å². The molecule has 7 heteroatoms. The number of methoxy groups -OCH3 is 1. The van der Waals surface area contributed by atoms with Gasteiger partial charge >= 0.3 is 0 Å². The molecule has 30 heavy (non-hydrogen) atoms. The van der Waals surface area contributed by atoms with Crippen molar-refractivity contribution in [2.75, 3.05) is 27.7 Å². The number of hydrogen-bond donors (Lipinski definition) is 1. The number of benzene rings is 2. The summed E-state index contributed by atoms with van der Waals surface area (Å²) in [6, 6.07) is 14.4. The zero-order chi connectivity index (χ0) is 21.9. The van der Waals surface area contributed by atoms with E-state index in [0.29, 0.717) is 18.9 Å². The molecule has 0 aliphatic rings. The van der Waals surface area contributed by atoms with Gasteiger partial charge in [-0.15, -0.1) is 0 Å². The highest BCUT2D eigenvalue weighted by Gasteiger charge is 2.15. The molecule has 0 bridgehead atoms. The monoisotopic (exact) mass is 429 g/mol. The molecule has 2 aromatic carbocycles. The number of nitrogens with zero attached hydrogens (tertiary/aromatic N) is 2. The van der Waals surface area contributed by atoms with Gasteiger partial charge in [0, 0.05) is 49.8 Å². The summed E-state index contributed by atoms with van der Waals surface area (Å²) in [6.45, 7) is 5.65. The summed E-state index contributed by atoms with van der Waals surface area (Å²) >= 11 is 0. The molecule has 162 valence electrons. The molecular weight excluding hydrogens is 398 g/mol. The second kappa shape index (κ2) is 9.20. The predicted molar refractivity (Wildman–Crippen MR) is 123 cm³/mol. The van der Waals surface area contributed by atoms with Crippen LogP contribution in [0.25, 0.3) is 22.0 Å². The molecule has 1 N–H and O–H groups in total. The Hall–Kier alpha value is -2.35. The third-order valence-electron chi connectivity index (χ3n) is 5.10. The number of ether oxygens (including phenoxy) is 1. The fourth-order valence-electron chi connectivity index (χ4n) is 3.61. The van der Waals surface area contributed by atoms with Gasteiger partial charge in [0.15, 0.2) is 0 Å². The van der Waals surface area contributed by atoms with E-state index >= 15 is 0 Å². The topological polar surface area (TPSA) is 63.6 Å². The minimum atomic E-state index is -3.42. The largest absolute Gasteiger partial charge is 0.496 e. The van der Waals surface area contributed by atoms with Crippen molar-refractivity contribution in [3.8, 4) is 16.9 Å². The van der Waals surface area contributed by atoms with Crippen LogP contribution in [0.3, 0.4) is 0 Å². The van der Waals surface area contributed by atoms with Crippen LogP contribution in [-0.4, -0.2) is 45.0 Å². The van der Waals surface area contributed by atoms with Gasteiger partial charge < -0.3 is 9.30 Å². The summed E-state index contributed by atoms with van der Waals surface area (Å²) < 4.78 is 35.6. The van der Waals surface area contributed by atoms with Gasteiger partial charge in [-0.25, -0.2) is 4.72 Å². The minimum Gasteiger partial charge on any atom is -0.496 e. The average Bonchev–Trinajstić information content (AvgIpc) is 3.03. The molecule has 0 atom stereocenters. The number of fused-ring (bicyclic) bond motifs is 1. The third-order valence-corrected chi connectivity index (χ3v) is 6.63. The van der Waals surface area contributed by atoms with Gasteiger partial charge in [0.25, 0.3) is 10.2 Å². The average molecular weight is 430 g/mol. The Morgan fingerprint density at radius 2 is 1.87 bits per heavy atom. The van der Waals surface area contributed by atoms with Crippen LogP contribution in [0, 0.1) is 5.92 Å².